The Morgan fingerprint density at radius 2 is 1.96 bits per heavy atom. The van der Waals surface area contributed by atoms with E-state index in [1.54, 1.807) is 30.5 Å². The Kier molecular flexibility index (Phi) is 6.13. The Morgan fingerprint density at radius 1 is 1.22 bits per heavy atom. The number of sulfonamides is 1. The monoisotopic (exact) mass is 467 g/mol. The number of aryl methyl sites for hydroxylation is 1. The smallest absolute Gasteiger partial charge is 0.265 e. The van der Waals surface area contributed by atoms with Crippen molar-refractivity contribution in [2.24, 2.45) is 7.05 Å². The molecule has 1 aromatic heterocycles. The van der Waals surface area contributed by atoms with E-state index in [2.05, 4.69) is 25.6 Å². The fourth-order valence-electron chi connectivity index (χ4n) is 2.32. The third kappa shape index (κ3) is 4.85. The summed E-state index contributed by atoms with van der Waals surface area (Å²) in [5.41, 5.74) is 0.474. The van der Waals surface area contributed by atoms with Crippen molar-refractivity contribution < 1.29 is 13.2 Å². The van der Waals surface area contributed by atoms with E-state index in [1.165, 1.54) is 17.8 Å². The maximum absolute atomic E-state index is 12.8. The van der Waals surface area contributed by atoms with E-state index in [1.807, 2.05) is 36.9 Å². The molecule has 9 heteroatoms. The molecule has 1 N–H and O–H groups in total. The van der Waals surface area contributed by atoms with Crippen molar-refractivity contribution >= 4 is 43.4 Å². The number of nitrogens with zero attached hydrogens (tertiary/aromatic N) is 2. The minimum Gasteiger partial charge on any atom is -0.492 e. The van der Waals surface area contributed by atoms with Crippen LogP contribution in [-0.4, -0.2) is 24.6 Å². The largest absolute Gasteiger partial charge is 0.492 e. The summed E-state index contributed by atoms with van der Waals surface area (Å²) in [4.78, 5) is 5.31. The van der Waals surface area contributed by atoms with Gasteiger partial charge >= 0.3 is 0 Å². The maximum atomic E-state index is 12.8. The third-order valence-corrected chi connectivity index (χ3v) is 6.57. The SMILES string of the molecule is CCOc1ccc(Br)cc1S(=O)(=O)Nc1ccc(Sc2nccn2C)cc1. The van der Waals surface area contributed by atoms with E-state index < -0.39 is 10.0 Å². The predicted molar refractivity (Wildman–Crippen MR) is 110 cm³/mol. The van der Waals surface area contributed by atoms with Crippen molar-refractivity contribution in [2.45, 2.75) is 21.9 Å². The lowest BCUT2D eigenvalue weighted by atomic mass is 10.3. The van der Waals surface area contributed by atoms with Crippen LogP contribution in [0, 0.1) is 0 Å². The summed E-state index contributed by atoms with van der Waals surface area (Å²) in [5, 5.41) is 0.860. The van der Waals surface area contributed by atoms with Gasteiger partial charge in [-0.15, -0.1) is 0 Å². The molecule has 6 nitrogen and oxygen atoms in total. The lowest BCUT2D eigenvalue weighted by molar-refractivity contribution is 0.331. The summed E-state index contributed by atoms with van der Waals surface area (Å²) in [6.07, 6.45) is 3.61. The molecule has 0 aliphatic rings. The Morgan fingerprint density at radius 3 is 2.59 bits per heavy atom. The Balaban J connectivity index is 1.80. The first-order chi connectivity index (χ1) is 12.9. The quantitative estimate of drug-likeness (QED) is 0.552. The van der Waals surface area contributed by atoms with Gasteiger partial charge in [-0.05, 0) is 49.4 Å². The standard InChI is InChI=1S/C18H18BrN3O3S2/c1-3-25-16-9-4-13(19)12-17(16)27(23,24)21-14-5-7-15(8-6-14)26-18-20-10-11-22(18)2/h4-12,21H,3H2,1-2H3. The lowest BCUT2D eigenvalue weighted by Gasteiger charge is -2.13. The van der Waals surface area contributed by atoms with Crippen LogP contribution < -0.4 is 9.46 Å². The van der Waals surface area contributed by atoms with Gasteiger partial charge < -0.3 is 9.30 Å². The zero-order chi connectivity index (χ0) is 19.4. The highest BCUT2D eigenvalue weighted by molar-refractivity contribution is 9.10. The van der Waals surface area contributed by atoms with Crippen molar-refractivity contribution in [3.05, 3.63) is 59.3 Å². The van der Waals surface area contributed by atoms with Gasteiger partial charge in [0.1, 0.15) is 10.6 Å². The average Bonchev–Trinajstić information content (AvgIpc) is 3.03. The van der Waals surface area contributed by atoms with E-state index in [9.17, 15) is 8.42 Å². The molecule has 0 radical (unpaired) electrons. The van der Waals surface area contributed by atoms with Crippen LogP contribution in [0.15, 0.2) is 74.3 Å². The third-order valence-electron chi connectivity index (χ3n) is 3.59. The highest BCUT2D eigenvalue weighted by Crippen LogP contribution is 2.31. The van der Waals surface area contributed by atoms with Gasteiger partial charge in [-0.25, -0.2) is 13.4 Å². The summed E-state index contributed by atoms with van der Waals surface area (Å²) in [6, 6.07) is 12.0. The molecule has 0 saturated heterocycles. The van der Waals surface area contributed by atoms with Crippen molar-refractivity contribution in [2.75, 3.05) is 11.3 Å². The first kappa shape index (κ1) is 19.8. The number of hydrogen-bond donors (Lipinski definition) is 1. The van der Waals surface area contributed by atoms with E-state index >= 15 is 0 Å². The highest BCUT2D eigenvalue weighted by Gasteiger charge is 2.20. The van der Waals surface area contributed by atoms with Gasteiger partial charge in [0.05, 0.1) is 6.61 Å². The maximum Gasteiger partial charge on any atom is 0.265 e. The normalized spacial score (nSPS) is 11.4. The zero-order valence-electron chi connectivity index (χ0n) is 14.7. The number of halogens is 1. The molecule has 3 aromatic rings. The van der Waals surface area contributed by atoms with Crippen LogP contribution in [0.2, 0.25) is 0 Å². The number of benzene rings is 2. The molecule has 1 heterocycles. The zero-order valence-corrected chi connectivity index (χ0v) is 17.9. The van der Waals surface area contributed by atoms with Gasteiger partial charge in [0.25, 0.3) is 10.0 Å². The van der Waals surface area contributed by atoms with Crippen LogP contribution >= 0.6 is 27.7 Å². The van der Waals surface area contributed by atoms with Crippen LogP contribution in [-0.2, 0) is 17.1 Å². The van der Waals surface area contributed by atoms with Gasteiger partial charge in [0, 0.05) is 34.5 Å². The lowest BCUT2D eigenvalue weighted by Crippen LogP contribution is -2.14. The molecule has 27 heavy (non-hydrogen) atoms. The minimum atomic E-state index is -3.79. The van der Waals surface area contributed by atoms with E-state index in [0.29, 0.717) is 22.5 Å². The summed E-state index contributed by atoms with van der Waals surface area (Å²) in [6.45, 7) is 2.19. The first-order valence-electron chi connectivity index (χ1n) is 8.09. The number of rotatable bonds is 7. The number of imidazole rings is 1. The second-order valence-electron chi connectivity index (χ2n) is 5.58. The number of aromatic nitrogens is 2. The number of nitrogens with one attached hydrogen (secondary N) is 1. The predicted octanol–water partition coefficient (Wildman–Crippen LogP) is 4.53. The van der Waals surface area contributed by atoms with Gasteiger partial charge in [-0.1, -0.05) is 27.7 Å². The molecule has 0 saturated carbocycles. The molecule has 0 bridgehead atoms. The van der Waals surface area contributed by atoms with Crippen LogP contribution in [0.3, 0.4) is 0 Å². The summed E-state index contributed by atoms with van der Waals surface area (Å²) < 4.78 is 36.2. The van der Waals surface area contributed by atoms with Crippen LogP contribution in [0.1, 0.15) is 6.92 Å². The molecule has 0 atom stereocenters. The second kappa shape index (κ2) is 8.37. The Hall–Kier alpha value is -1.97. The fraction of sp³-hybridized carbons (Fsp3) is 0.167. The van der Waals surface area contributed by atoms with Crippen molar-refractivity contribution in [1.29, 1.82) is 0 Å². The first-order valence-corrected chi connectivity index (χ1v) is 11.2. The molecule has 0 amide bonds. The van der Waals surface area contributed by atoms with E-state index in [-0.39, 0.29) is 4.90 Å². The molecule has 142 valence electrons. The fourth-order valence-corrected chi connectivity index (χ4v) is 4.87. The Labute approximate surface area is 171 Å². The molecule has 3 rings (SSSR count). The minimum absolute atomic E-state index is 0.0881. The second-order valence-corrected chi connectivity index (χ2v) is 9.18. The summed E-state index contributed by atoms with van der Waals surface area (Å²) in [5.74, 6) is 0.315. The van der Waals surface area contributed by atoms with Crippen LogP contribution in [0.4, 0.5) is 5.69 Å². The number of anilines is 1. The molecular formula is C18H18BrN3O3S2. The van der Waals surface area contributed by atoms with Gasteiger partial charge in [0.15, 0.2) is 5.16 Å². The molecule has 0 fully saturated rings. The van der Waals surface area contributed by atoms with E-state index in [0.717, 1.165) is 10.1 Å². The topological polar surface area (TPSA) is 73.2 Å². The molecular weight excluding hydrogens is 450 g/mol. The van der Waals surface area contributed by atoms with Crippen molar-refractivity contribution in [3.8, 4) is 5.75 Å². The van der Waals surface area contributed by atoms with Gasteiger partial charge in [0.2, 0.25) is 0 Å². The van der Waals surface area contributed by atoms with E-state index in [4.69, 9.17) is 4.74 Å². The molecule has 2 aromatic carbocycles. The highest BCUT2D eigenvalue weighted by atomic mass is 79.9. The number of hydrogen-bond acceptors (Lipinski definition) is 5. The molecule has 0 aliphatic carbocycles. The van der Waals surface area contributed by atoms with Crippen LogP contribution in [0.25, 0.3) is 0 Å². The summed E-state index contributed by atoms with van der Waals surface area (Å²) >= 11 is 4.81. The van der Waals surface area contributed by atoms with Crippen LogP contribution in [0.5, 0.6) is 5.75 Å². The Bertz CT molecular complexity index is 1030. The van der Waals surface area contributed by atoms with Gasteiger partial charge in [-0.3, -0.25) is 4.72 Å². The van der Waals surface area contributed by atoms with Gasteiger partial charge in [-0.2, -0.15) is 0 Å². The average molecular weight is 468 g/mol. The van der Waals surface area contributed by atoms with Crippen molar-refractivity contribution in [1.82, 2.24) is 9.55 Å². The molecule has 0 unspecified atom stereocenters. The number of ether oxygens (including phenoxy) is 1. The van der Waals surface area contributed by atoms with Crippen molar-refractivity contribution in [3.63, 3.8) is 0 Å². The molecule has 0 aliphatic heterocycles. The molecule has 0 spiro atoms. The summed E-state index contributed by atoms with van der Waals surface area (Å²) in [7, 11) is -1.86.